The lowest BCUT2D eigenvalue weighted by Gasteiger charge is -2.47. The molecule has 2 unspecified atom stereocenters. The average molecular weight is 265 g/mol. The van der Waals surface area contributed by atoms with E-state index in [4.69, 9.17) is 0 Å². The number of aromatic nitrogens is 1. The highest BCUT2D eigenvalue weighted by atomic mass is 32.1. The highest BCUT2D eigenvalue weighted by molar-refractivity contribution is 7.07. The van der Waals surface area contributed by atoms with Crippen molar-refractivity contribution in [2.75, 3.05) is 7.05 Å². The standard InChI is InChI=1S/C13H19N3OS/c1-16-10-3-2-4-11(16)6-9(5-10)15-13(17)12-7-18-8-14-12/h7-11H,2-6H2,1H3,(H,15,17). The quantitative estimate of drug-likeness (QED) is 0.888. The van der Waals surface area contributed by atoms with Crippen LogP contribution in [0, 0.1) is 0 Å². The Kier molecular flexibility index (Phi) is 3.35. The third-order valence-electron chi connectivity index (χ3n) is 4.34. The summed E-state index contributed by atoms with van der Waals surface area (Å²) in [5, 5.41) is 4.96. The van der Waals surface area contributed by atoms with Crippen molar-refractivity contribution in [2.24, 2.45) is 0 Å². The van der Waals surface area contributed by atoms with Gasteiger partial charge in [0.15, 0.2) is 0 Å². The number of fused-ring (bicyclic) bond motifs is 2. The number of thiazole rings is 1. The van der Waals surface area contributed by atoms with Gasteiger partial charge in [0.1, 0.15) is 5.69 Å². The first-order valence-corrected chi connectivity index (χ1v) is 7.59. The number of amides is 1. The van der Waals surface area contributed by atoms with E-state index in [9.17, 15) is 4.79 Å². The van der Waals surface area contributed by atoms with Gasteiger partial charge in [-0.05, 0) is 32.7 Å². The summed E-state index contributed by atoms with van der Waals surface area (Å²) in [7, 11) is 2.23. The summed E-state index contributed by atoms with van der Waals surface area (Å²) in [5.74, 6) is -0.0103. The topological polar surface area (TPSA) is 45.2 Å². The van der Waals surface area contributed by atoms with Gasteiger partial charge in [-0.2, -0.15) is 0 Å². The summed E-state index contributed by atoms with van der Waals surface area (Å²) in [4.78, 5) is 18.6. The van der Waals surface area contributed by atoms with E-state index in [0.29, 0.717) is 23.8 Å². The van der Waals surface area contributed by atoms with Crippen molar-refractivity contribution >= 4 is 17.2 Å². The summed E-state index contributed by atoms with van der Waals surface area (Å²) >= 11 is 1.47. The minimum atomic E-state index is -0.0103. The summed E-state index contributed by atoms with van der Waals surface area (Å²) in [5.41, 5.74) is 2.27. The Morgan fingerprint density at radius 1 is 1.44 bits per heavy atom. The Morgan fingerprint density at radius 3 is 2.78 bits per heavy atom. The van der Waals surface area contributed by atoms with Gasteiger partial charge in [-0.3, -0.25) is 4.79 Å². The van der Waals surface area contributed by atoms with Gasteiger partial charge in [-0.25, -0.2) is 4.98 Å². The van der Waals surface area contributed by atoms with Gasteiger partial charge >= 0.3 is 0 Å². The summed E-state index contributed by atoms with van der Waals surface area (Å²) in [6.45, 7) is 0. The number of nitrogens with zero attached hydrogens (tertiary/aromatic N) is 2. The van der Waals surface area contributed by atoms with Gasteiger partial charge < -0.3 is 10.2 Å². The van der Waals surface area contributed by atoms with Crippen LogP contribution in [0.25, 0.3) is 0 Å². The van der Waals surface area contributed by atoms with Gasteiger partial charge in [0.05, 0.1) is 5.51 Å². The lowest BCUT2D eigenvalue weighted by molar-refractivity contribution is 0.0462. The van der Waals surface area contributed by atoms with E-state index in [1.165, 1.54) is 30.6 Å². The molecule has 2 aliphatic heterocycles. The monoisotopic (exact) mass is 265 g/mol. The van der Waals surface area contributed by atoms with Crippen molar-refractivity contribution in [3.8, 4) is 0 Å². The molecule has 2 saturated heterocycles. The van der Waals surface area contributed by atoms with Gasteiger partial charge in [0.2, 0.25) is 0 Å². The summed E-state index contributed by atoms with van der Waals surface area (Å²) in [6.07, 6.45) is 6.06. The molecule has 1 N–H and O–H groups in total. The van der Waals surface area contributed by atoms with Crippen LogP contribution < -0.4 is 5.32 Å². The maximum absolute atomic E-state index is 12.0. The maximum atomic E-state index is 12.0. The molecule has 0 radical (unpaired) electrons. The van der Waals surface area contributed by atoms with E-state index < -0.39 is 0 Å². The second kappa shape index (κ2) is 4.97. The third kappa shape index (κ3) is 2.29. The first kappa shape index (κ1) is 12.1. The molecule has 2 atom stereocenters. The van der Waals surface area contributed by atoms with Crippen LogP contribution in [0.15, 0.2) is 10.9 Å². The van der Waals surface area contributed by atoms with Crippen molar-refractivity contribution in [3.05, 3.63) is 16.6 Å². The number of carbonyl (C=O) groups excluding carboxylic acids is 1. The molecule has 1 aromatic heterocycles. The fourth-order valence-corrected chi connectivity index (χ4v) is 3.85. The minimum absolute atomic E-state index is 0.0103. The smallest absolute Gasteiger partial charge is 0.270 e. The van der Waals surface area contributed by atoms with Crippen LogP contribution >= 0.6 is 11.3 Å². The molecule has 1 aromatic rings. The molecule has 18 heavy (non-hydrogen) atoms. The SMILES string of the molecule is CN1C2CCCC1CC(NC(=O)c1cscn1)C2. The molecule has 3 rings (SSSR count). The molecule has 2 aliphatic rings. The highest BCUT2D eigenvalue weighted by Crippen LogP contribution is 2.32. The molecule has 5 heteroatoms. The van der Waals surface area contributed by atoms with Gasteiger partial charge in [0, 0.05) is 23.5 Å². The third-order valence-corrected chi connectivity index (χ3v) is 4.93. The molecule has 2 bridgehead atoms. The maximum Gasteiger partial charge on any atom is 0.270 e. The number of carbonyl (C=O) groups is 1. The fraction of sp³-hybridized carbons (Fsp3) is 0.692. The summed E-state index contributed by atoms with van der Waals surface area (Å²) in [6, 6.07) is 1.63. The number of nitrogens with one attached hydrogen (secondary N) is 1. The number of hydrogen-bond acceptors (Lipinski definition) is 4. The molecule has 1 amide bonds. The van der Waals surface area contributed by atoms with Crippen LogP contribution in [0.3, 0.4) is 0 Å². The number of hydrogen-bond donors (Lipinski definition) is 1. The first-order chi connectivity index (χ1) is 8.74. The van der Waals surface area contributed by atoms with Crippen molar-refractivity contribution in [2.45, 2.75) is 50.2 Å². The molecule has 0 aromatic carbocycles. The van der Waals surface area contributed by atoms with E-state index in [2.05, 4.69) is 22.2 Å². The normalized spacial score (nSPS) is 32.2. The fourth-order valence-electron chi connectivity index (χ4n) is 3.32. The lowest BCUT2D eigenvalue weighted by atomic mass is 9.82. The second-order valence-electron chi connectivity index (χ2n) is 5.42. The Morgan fingerprint density at radius 2 is 2.17 bits per heavy atom. The van der Waals surface area contributed by atoms with Crippen LogP contribution in [-0.2, 0) is 0 Å². The molecule has 0 spiro atoms. The zero-order valence-electron chi connectivity index (χ0n) is 10.6. The van der Waals surface area contributed by atoms with Gasteiger partial charge in [-0.15, -0.1) is 11.3 Å². The van der Waals surface area contributed by atoms with Gasteiger partial charge in [0.25, 0.3) is 5.91 Å². The zero-order chi connectivity index (χ0) is 12.5. The minimum Gasteiger partial charge on any atom is -0.348 e. The van der Waals surface area contributed by atoms with E-state index in [1.54, 1.807) is 5.51 Å². The zero-order valence-corrected chi connectivity index (χ0v) is 11.4. The van der Waals surface area contributed by atoms with Crippen molar-refractivity contribution in [3.63, 3.8) is 0 Å². The first-order valence-electron chi connectivity index (χ1n) is 6.65. The Hall–Kier alpha value is -0.940. The number of piperidine rings is 2. The molecule has 4 nitrogen and oxygen atoms in total. The Bertz CT molecular complexity index is 406. The largest absolute Gasteiger partial charge is 0.348 e. The van der Waals surface area contributed by atoms with Crippen LogP contribution in [0.5, 0.6) is 0 Å². The molecule has 0 aliphatic carbocycles. The molecular formula is C13H19N3OS. The molecule has 0 saturated carbocycles. The highest BCUT2D eigenvalue weighted by Gasteiger charge is 2.36. The van der Waals surface area contributed by atoms with E-state index in [0.717, 1.165) is 12.8 Å². The van der Waals surface area contributed by atoms with E-state index in [1.807, 2.05) is 5.38 Å². The van der Waals surface area contributed by atoms with Crippen LogP contribution in [0.1, 0.15) is 42.6 Å². The van der Waals surface area contributed by atoms with Crippen molar-refractivity contribution < 1.29 is 4.79 Å². The lowest BCUT2D eigenvalue weighted by Crippen LogP contribution is -2.55. The van der Waals surface area contributed by atoms with Crippen LogP contribution in [0.4, 0.5) is 0 Å². The average Bonchev–Trinajstić information content (AvgIpc) is 2.84. The Labute approximate surface area is 111 Å². The predicted molar refractivity (Wildman–Crippen MR) is 71.8 cm³/mol. The number of rotatable bonds is 2. The van der Waals surface area contributed by atoms with Crippen LogP contribution in [-0.4, -0.2) is 41.0 Å². The second-order valence-corrected chi connectivity index (χ2v) is 6.14. The van der Waals surface area contributed by atoms with Gasteiger partial charge in [-0.1, -0.05) is 6.42 Å². The summed E-state index contributed by atoms with van der Waals surface area (Å²) < 4.78 is 0. The predicted octanol–water partition coefficient (Wildman–Crippen LogP) is 1.89. The van der Waals surface area contributed by atoms with Crippen molar-refractivity contribution in [1.82, 2.24) is 15.2 Å². The van der Waals surface area contributed by atoms with E-state index >= 15 is 0 Å². The Balaban J connectivity index is 1.63. The molecule has 2 fully saturated rings. The van der Waals surface area contributed by atoms with E-state index in [-0.39, 0.29) is 5.91 Å². The van der Waals surface area contributed by atoms with Crippen LogP contribution in [0.2, 0.25) is 0 Å². The molecular weight excluding hydrogens is 246 g/mol. The molecule has 98 valence electrons. The molecule has 3 heterocycles. The van der Waals surface area contributed by atoms with Crippen molar-refractivity contribution in [1.29, 1.82) is 0 Å².